The monoisotopic (exact) mass is 304 g/mol. The Balaban J connectivity index is 2.11. The first-order chi connectivity index (χ1) is 10.4. The van der Waals surface area contributed by atoms with E-state index in [1.54, 1.807) is 0 Å². The van der Waals surface area contributed by atoms with Gasteiger partial charge in [0.1, 0.15) is 5.75 Å². The van der Waals surface area contributed by atoms with Crippen molar-refractivity contribution < 1.29 is 10.2 Å². The molecule has 1 aromatic rings. The molecule has 1 saturated carbocycles. The zero-order valence-electron chi connectivity index (χ0n) is 14.4. The number of unbranched alkanes of at least 4 members (excludes halogenated alkanes) is 2. The highest BCUT2D eigenvalue weighted by Crippen LogP contribution is 2.39. The van der Waals surface area contributed by atoms with Gasteiger partial charge in [-0.15, -0.1) is 0 Å². The fourth-order valence-corrected chi connectivity index (χ4v) is 3.72. The van der Waals surface area contributed by atoms with Gasteiger partial charge in [-0.3, -0.25) is 0 Å². The maximum Gasteiger partial charge on any atom is 0.119 e. The number of phenols is 1. The molecule has 1 aliphatic rings. The van der Waals surface area contributed by atoms with Gasteiger partial charge in [0, 0.05) is 0 Å². The largest absolute Gasteiger partial charge is 0.508 e. The van der Waals surface area contributed by atoms with Crippen molar-refractivity contribution in [1.29, 1.82) is 0 Å². The van der Waals surface area contributed by atoms with Crippen LogP contribution in [0.5, 0.6) is 5.75 Å². The Labute approximate surface area is 135 Å². The SMILES string of the molecule is CCCCCC(C)(C)c1ccc([C@H]2CCC[C@@H](O)C2)c(O)c1. The summed E-state index contributed by atoms with van der Waals surface area (Å²) in [5, 5.41) is 20.3. The van der Waals surface area contributed by atoms with Gasteiger partial charge in [-0.2, -0.15) is 0 Å². The zero-order chi connectivity index (χ0) is 16.2. The van der Waals surface area contributed by atoms with E-state index in [9.17, 15) is 10.2 Å². The Hall–Kier alpha value is -1.02. The average molecular weight is 304 g/mol. The molecule has 124 valence electrons. The first-order valence-corrected chi connectivity index (χ1v) is 8.95. The number of aromatic hydroxyl groups is 1. The lowest BCUT2D eigenvalue weighted by atomic mass is 9.77. The van der Waals surface area contributed by atoms with Crippen LogP contribution in [0.4, 0.5) is 0 Å². The summed E-state index contributed by atoms with van der Waals surface area (Å²) in [7, 11) is 0. The van der Waals surface area contributed by atoms with Crippen molar-refractivity contribution in [3.63, 3.8) is 0 Å². The van der Waals surface area contributed by atoms with Crippen molar-refractivity contribution in [3.05, 3.63) is 29.3 Å². The molecule has 0 aromatic heterocycles. The van der Waals surface area contributed by atoms with E-state index in [0.717, 1.165) is 37.7 Å². The minimum atomic E-state index is -0.205. The molecule has 0 unspecified atom stereocenters. The number of aliphatic hydroxyl groups excluding tert-OH is 1. The fourth-order valence-electron chi connectivity index (χ4n) is 3.72. The number of phenolic OH excluding ortho intramolecular Hbond substituents is 1. The van der Waals surface area contributed by atoms with Crippen molar-refractivity contribution in [2.75, 3.05) is 0 Å². The quantitative estimate of drug-likeness (QED) is 0.703. The van der Waals surface area contributed by atoms with E-state index < -0.39 is 0 Å². The van der Waals surface area contributed by atoms with E-state index in [2.05, 4.69) is 32.9 Å². The van der Waals surface area contributed by atoms with E-state index >= 15 is 0 Å². The predicted octanol–water partition coefficient (Wildman–Crippen LogP) is 5.27. The van der Waals surface area contributed by atoms with Gasteiger partial charge in [-0.25, -0.2) is 0 Å². The number of aliphatic hydroxyl groups is 1. The molecule has 0 bridgehead atoms. The molecule has 0 heterocycles. The second-order valence-electron chi connectivity index (χ2n) is 7.63. The van der Waals surface area contributed by atoms with Crippen LogP contribution in [0.2, 0.25) is 0 Å². The summed E-state index contributed by atoms with van der Waals surface area (Å²) in [6.45, 7) is 6.76. The van der Waals surface area contributed by atoms with Crippen LogP contribution in [0.1, 0.15) is 89.2 Å². The molecule has 2 N–H and O–H groups in total. The highest BCUT2D eigenvalue weighted by atomic mass is 16.3. The summed E-state index contributed by atoms with van der Waals surface area (Å²) in [5.41, 5.74) is 2.35. The molecule has 0 radical (unpaired) electrons. The highest BCUT2D eigenvalue weighted by Gasteiger charge is 2.26. The van der Waals surface area contributed by atoms with E-state index in [1.807, 2.05) is 6.07 Å². The smallest absolute Gasteiger partial charge is 0.119 e. The first kappa shape index (κ1) is 17.3. The summed E-state index contributed by atoms with van der Waals surface area (Å²) in [6, 6.07) is 6.24. The summed E-state index contributed by atoms with van der Waals surface area (Å²) in [5.74, 6) is 0.723. The molecule has 0 saturated heterocycles. The normalized spacial score (nSPS) is 22.7. The molecular formula is C20H32O2. The van der Waals surface area contributed by atoms with Crippen LogP contribution in [0.15, 0.2) is 18.2 Å². The van der Waals surface area contributed by atoms with Crippen LogP contribution >= 0.6 is 0 Å². The van der Waals surface area contributed by atoms with Gasteiger partial charge in [-0.05, 0) is 54.2 Å². The minimum absolute atomic E-state index is 0.108. The molecule has 0 spiro atoms. The Morgan fingerprint density at radius 2 is 1.95 bits per heavy atom. The summed E-state index contributed by atoms with van der Waals surface area (Å²) >= 11 is 0. The number of rotatable bonds is 6. The third-order valence-corrected chi connectivity index (χ3v) is 5.30. The lowest BCUT2D eigenvalue weighted by Crippen LogP contribution is -2.19. The fraction of sp³-hybridized carbons (Fsp3) is 0.700. The molecule has 22 heavy (non-hydrogen) atoms. The van der Waals surface area contributed by atoms with Crippen molar-refractivity contribution in [2.45, 2.75) is 89.6 Å². The van der Waals surface area contributed by atoms with Crippen molar-refractivity contribution in [3.8, 4) is 5.75 Å². The van der Waals surface area contributed by atoms with Crippen LogP contribution in [-0.2, 0) is 5.41 Å². The number of hydrogen-bond donors (Lipinski definition) is 2. The Bertz CT molecular complexity index is 479. The zero-order valence-corrected chi connectivity index (χ0v) is 14.4. The molecule has 1 aromatic carbocycles. The lowest BCUT2D eigenvalue weighted by Gasteiger charge is -2.29. The second-order valence-corrected chi connectivity index (χ2v) is 7.63. The Morgan fingerprint density at radius 1 is 1.18 bits per heavy atom. The van der Waals surface area contributed by atoms with E-state index in [-0.39, 0.29) is 11.5 Å². The van der Waals surface area contributed by atoms with Gasteiger partial charge in [-0.1, -0.05) is 58.6 Å². The summed E-state index contributed by atoms with van der Waals surface area (Å²) < 4.78 is 0. The Morgan fingerprint density at radius 3 is 2.59 bits per heavy atom. The van der Waals surface area contributed by atoms with Gasteiger partial charge < -0.3 is 10.2 Å². The van der Waals surface area contributed by atoms with Crippen LogP contribution in [-0.4, -0.2) is 16.3 Å². The van der Waals surface area contributed by atoms with E-state index in [0.29, 0.717) is 11.7 Å². The van der Waals surface area contributed by atoms with Crippen molar-refractivity contribution >= 4 is 0 Å². The average Bonchev–Trinajstić information content (AvgIpc) is 2.47. The van der Waals surface area contributed by atoms with Crippen molar-refractivity contribution in [2.24, 2.45) is 0 Å². The maximum absolute atomic E-state index is 10.5. The molecule has 2 atom stereocenters. The summed E-state index contributed by atoms with van der Waals surface area (Å²) in [6.07, 6.45) is 8.51. The van der Waals surface area contributed by atoms with Crippen LogP contribution in [0, 0.1) is 0 Å². The van der Waals surface area contributed by atoms with Crippen LogP contribution < -0.4 is 0 Å². The van der Waals surface area contributed by atoms with E-state index in [4.69, 9.17) is 0 Å². The number of benzene rings is 1. The van der Waals surface area contributed by atoms with Crippen molar-refractivity contribution in [1.82, 2.24) is 0 Å². The third kappa shape index (κ3) is 4.25. The standard InChI is InChI=1S/C20H32O2/c1-4-5-6-12-20(2,3)16-10-11-18(19(22)14-16)15-8-7-9-17(21)13-15/h10-11,14-15,17,21-22H,4-9,12-13H2,1-3H3/t15-,17+/m0/s1. The predicted molar refractivity (Wildman–Crippen MR) is 92.5 cm³/mol. The van der Waals surface area contributed by atoms with Gasteiger partial charge in [0.15, 0.2) is 0 Å². The molecule has 2 rings (SSSR count). The molecule has 0 amide bonds. The second kappa shape index (κ2) is 7.50. The molecule has 0 aliphatic heterocycles. The Kier molecular flexibility index (Phi) is 5.91. The van der Waals surface area contributed by atoms with Gasteiger partial charge in [0.05, 0.1) is 6.10 Å². The third-order valence-electron chi connectivity index (χ3n) is 5.30. The highest BCUT2D eigenvalue weighted by molar-refractivity contribution is 5.41. The van der Waals surface area contributed by atoms with Crippen LogP contribution in [0.25, 0.3) is 0 Å². The first-order valence-electron chi connectivity index (χ1n) is 8.95. The van der Waals surface area contributed by atoms with Gasteiger partial charge in [0.2, 0.25) is 0 Å². The summed E-state index contributed by atoms with van der Waals surface area (Å²) in [4.78, 5) is 0. The molecular weight excluding hydrogens is 272 g/mol. The molecule has 2 nitrogen and oxygen atoms in total. The molecule has 1 fully saturated rings. The number of hydrogen-bond acceptors (Lipinski definition) is 2. The van der Waals surface area contributed by atoms with E-state index in [1.165, 1.54) is 24.8 Å². The molecule has 2 heteroatoms. The maximum atomic E-state index is 10.5. The minimum Gasteiger partial charge on any atom is -0.508 e. The van der Waals surface area contributed by atoms with Crippen LogP contribution in [0.3, 0.4) is 0 Å². The van der Waals surface area contributed by atoms with Gasteiger partial charge in [0.25, 0.3) is 0 Å². The van der Waals surface area contributed by atoms with Gasteiger partial charge >= 0.3 is 0 Å². The lowest BCUT2D eigenvalue weighted by molar-refractivity contribution is 0.119. The molecule has 1 aliphatic carbocycles. The topological polar surface area (TPSA) is 40.5 Å².